The van der Waals surface area contributed by atoms with Gasteiger partial charge in [0.15, 0.2) is 5.69 Å². The Morgan fingerprint density at radius 1 is 1.73 bits per heavy atom. The quantitative estimate of drug-likeness (QED) is 0.509. The van der Waals surface area contributed by atoms with Crippen LogP contribution >= 0.6 is 11.6 Å². The van der Waals surface area contributed by atoms with E-state index in [2.05, 4.69) is 14.8 Å². The Morgan fingerprint density at radius 3 is 3.00 bits per heavy atom. The van der Waals surface area contributed by atoms with Gasteiger partial charge in [0.1, 0.15) is 5.82 Å². The average molecular weight is 169 g/mol. The minimum Gasteiger partial charge on any atom is -0.391 e. The number of nitrogens with zero attached hydrogens (tertiary/aromatic N) is 3. The second kappa shape index (κ2) is 3.17. The monoisotopic (exact) mass is 168 g/mol. The molecule has 0 aromatic carbocycles. The highest BCUT2D eigenvalue weighted by Crippen LogP contribution is 2.15. The van der Waals surface area contributed by atoms with Crippen molar-refractivity contribution in [1.82, 2.24) is 9.97 Å². The Balaban J connectivity index is 3.15. The summed E-state index contributed by atoms with van der Waals surface area (Å²) in [6.07, 6.45) is 1.46. The lowest BCUT2D eigenvalue weighted by Crippen LogP contribution is -1.94. The molecular weight excluding hydrogens is 164 g/mol. The van der Waals surface area contributed by atoms with Crippen LogP contribution in [0.1, 0.15) is 5.69 Å². The predicted octanol–water partition coefficient (Wildman–Crippen LogP) is 1.35. The maximum Gasteiger partial charge on any atom is 0.312 e. The van der Waals surface area contributed by atoms with Crippen LogP contribution in [0.2, 0.25) is 0 Å². The summed E-state index contributed by atoms with van der Waals surface area (Å²) in [7, 11) is 0. The summed E-state index contributed by atoms with van der Waals surface area (Å²) in [6, 6.07) is 0. The molecular formula is C6H5ClN4. The van der Waals surface area contributed by atoms with Crippen LogP contribution in [0.5, 0.6) is 0 Å². The molecule has 0 aliphatic rings. The summed E-state index contributed by atoms with van der Waals surface area (Å²) in [6.45, 7) is 6.66. The van der Waals surface area contributed by atoms with E-state index in [0.29, 0.717) is 5.69 Å². The summed E-state index contributed by atoms with van der Waals surface area (Å²) in [5.74, 6) is 0.507. The lowest BCUT2D eigenvalue weighted by atomic mass is 10.5. The Morgan fingerprint density at radius 2 is 2.45 bits per heavy atom. The normalized spacial score (nSPS) is 9.09. The molecule has 4 nitrogen and oxygen atoms in total. The van der Waals surface area contributed by atoms with E-state index in [-0.39, 0.29) is 17.5 Å². The number of alkyl halides is 1. The molecule has 1 rings (SSSR count). The predicted molar refractivity (Wildman–Crippen MR) is 42.3 cm³/mol. The van der Waals surface area contributed by atoms with Crippen molar-refractivity contribution in [2.45, 2.75) is 5.88 Å². The summed E-state index contributed by atoms with van der Waals surface area (Å²) in [5.41, 5.74) is 5.89. The fourth-order valence-corrected chi connectivity index (χ4v) is 0.699. The molecule has 0 aliphatic heterocycles. The maximum atomic E-state index is 6.66. The summed E-state index contributed by atoms with van der Waals surface area (Å²) in [5, 5.41) is 0. The largest absolute Gasteiger partial charge is 0.391 e. The first-order valence-electron chi connectivity index (χ1n) is 2.82. The molecule has 0 atom stereocenters. The molecule has 0 radical (unpaired) electrons. The van der Waals surface area contributed by atoms with Gasteiger partial charge >= 0.3 is 5.82 Å². The summed E-state index contributed by atoms with van der Waals surface area (Å²) >= 11 is 5.46. The standard InChI is InChI=1S/C6H5ClN4/c1-9-6-5(8)10-3-4(2-7)11-6/h3H,2H2,(H2,8,10). The van der Waals surface area contributed by atoms with E-state index in [4.69, 9.17) is 23.9 Å². The highest BCUT2D eigenvalue weighted by molar-refractivity contribution is 6.16. The molecule has 11 heavy (non-hydrogen) atoms. The van der Waals surface area contributed by atoms with E-state index < -0.39 is 0 Å². The van der Waals surface area contributed by atoms with Crippen molar-refractivity contribution in [1.29, 1.82) is 0 Å². The third-order valence-corrected chi connectivity index (χ3v) is 1.35. The minimum absolute atomic E-state index is 0.114. The molecule has 0 fully saturated rings. The lowest BCUT2D eigenvalue weighted by molar-refractivity contribution is 1.12. The van der Waals surface area contributed by atoms with E-state index in [0.717, 1.165) is 0 Å². The van der Waals surface area contributed by atoms with Crippen molar-refractivity contribution in [3.05, 3.63) is 23.3 Å². The Kier molecular flexibility index (Phi) is 2.24. The maximum absolute atomic E-state index is 6.66. The highest BCUT2D eigenvalue weighted by Gasteiger charge is 2.04. The summed E-state index contributed by atoms with van der Waals surface area (Å²) < 4.78 is 0. The smallest absolute Gasteiger partial charge is 0.312 e. The van der Waals surface area contributed by atoms with Gasteiger partial charge in [-0.3, -0.25) is 0 Å². The van der Waals surface area contributed by atoms with Crippen LogP contribution in [0.15, 0.2) is 6.20 Å². The van der Waals surface area contributed by atoms with Gasteiger partial charge in [-0.25, -0.2) is 4.98 Å². The van der Waals surface area contributed by atoms with Crippen LogP contribution < -0.4 is 5.73 Å². The number of rotatable bonds is 1. The minimum atomic E-state index is 0.114. The molecule has 0 amide bonds. The van der Waals surface area contributed by atoms with Gasteiger partial charge in [0.25, 0.3) is 0 Å². The first kappa shape index (κ1) is 7.76. The second-order valence-corrected chi connectivity index (χ2v) is 2.08. The molecule has 1 aromatic rings. The molecule has 2 N–H and O–H groups in total. The number of halogens is 1. The van der Waals surface area contributed by atoms with E-state index in [1.54, 1.807) is 0 Å². The Hall–Kier alpha value is -1.34. The van der Waals surface area contributed by atoms with Crippen LogP contribution in [0.3, 0.4) is 0 Å². The zero-order valence-electron chi connectivity index (χ0n) is 5.58. The first-order chi connectivity index (χ1) is 5.27. The van der Waals surface area contributed by atoms with Crippen LogP contribution in [-0.2, 0) is 5.88 Å². The molecule has 0 saturated carbocycles. The molecule has 5 heteroatoms. The van der Waals surface area contributed by atoms with Crippen molar-refractivity contribution in [3.8, 4) is 0 Å². The van der Waals surface area contributed by atoms with E-state index in [1.165, 1.54) is 6.20 Å². The number of hydrogen-bond acceptors (Lipinski definition) is 3. The van der Waals surface area contributed by atoms with Crippen molar-refractivity contribution in [2.75, 3.05) is 5.73 Å². The molecule has 1 aromatic heterocycles. The van der Waals surface area contributed by atoms with Gasteiger partial charge < -0.3 is 10.6 Å². The SMILES string of the molecule is [C-]#[N+]c1nc(CCl)cnc1N. The van der Waals surface area contributed by atoms with E-state index >= 15 is 0 Å². The summed E-state index contributed by atoms with van der Waals surface area (Å²) in [4.78, 5) is 10.6. The van der Waals surface area contributed by atoms with Gasteiger partial charge in [-0.1, -0.05) is 6.57 Å². The fourth-order valence-electron chi connectivity index (χ4n) is 0.571. The third kappa shape index (κ3) is 1.57. The molecule has 0 unspecified atom stereocenters. The lowest BCUT2D eigenvalue weighted by Gasteiger charge is -1.94. The Labute approximate surface area is 68.8 Å². The number of aromatic nitrogens is 2. The van der Waals surface area contributed by atoms with E-state index in [1.807, 2.05) is 0 Å². The molecule has 56 valence electrons. The van der Waals surface area contributed by atoms with Crippen LogP contribution in [-0.4, -0.2) is 9.97 Å². The highest BCUT2D eigenvalue weighted by atomic mass is 35.5. The zero-order valence-corrected chi connectivity index (χ0v) is 6.34. The van der Waals surface area contributed by atoms with Gasteiger partial charge in [0.2, 0.25) is 0 Å². The topological polar surface area (TPSA) is 56.2 Å². The van der Waals surface area contributed by atoms with Gasteiger partial charge in [-0.2, -0.15) is 0 Å². The van der Waals surface area contributed by atoms with Crippen molar-refractivity contribution in [3.63, 3.8) is 0 Å². The second-order valence-electron chi connectivity index (χ2n) is 1.82. The zero-order chi connectivity index (χ0) is 8.27. The van der Waals surface area contributed by atoms with Crippen LogP contribution in [0.25, 0.3) is 4.85 Å². The molecule has 0 spiro atoms. The molecule has 0 saturated heterocycles. The van der Waals surface area contributed by atoms with Gasteiger partial charge in [-0.05, 0) is 0 Å². The number of hydrogen-bond donors (Lipinski definition) is 1. The van der Waals surface area contributed by atoms with Crippen molar-refractivity contribution >= 4 is 23.2 Å². The number of nitrogens with two attached hydrogens (primary N) is 1. The average Bonchev–Trinajstić information content (AvgIpc) is 2.05. The van der Waals surface area contributed by atoms with E-state index in [9.17, 15) is 0 Å². The molecule has 1 heterocycles. The molecule has 0 bridgehead atoms. The van der Waals surface area contributed by atoms with Gasteiger partial charge in [0.05, 0.1) is 12.1 Å². The first-order valence-corrected chi connectivity index (χ1v) is 3.36. The fraction of sp³-hybridized carbons (Fsp3) is 0.167. The van der Waals surface area contributed by atoms with Crippen LogP contribution in [0, 0.1) is 6.57 Å². The number of nitrogen functional groups attached to an aromatic ring is 1. The number of anilines is 1. The van der Waals surface area contributed by atoms with Gasteiger partial charge in [-0.15, -0.1) is 16.6 Å². The van der Waals surface area contributed by atoms with Crippen molar-refractivity contribution in [2.24, 2.45) is 0 Å². The van der Waals surface area contributed by atoms with Gasteiger partial charge in [0, 0.05) is 0 Å². The Bertz CT molecular complexity index is 304. The molecule has 0 aliphatic carbocycles. The third-order valence-electron chi connectivity index (χ3n) is 1.07. The van der Waals surface area contributed by atoms with Crippen LogP contribution in [0.4, 0.5) is 11.6 Å². The van der Waals surface area contributed by atoms with Crippen molar-refractivity contribution < 1.29 is 0 Å².